The van der Waals surface area contributed by atoms with Gasteiger partial charge in [-0.3, -0.25) is 4.90 Å². The molecule has 0 spiro atoms. The maximum atomic E-state index is 14.3. The van der Waals surface area contributed by atoms with E-state index in [0.717, 1.165) is 61.6 Å². The van der Waals surface area contributed by atoms with Crippen LogP contribution in [-0.4, -0.2) is 78.3 Å². The summed E-state index contributed by atoms with van der Waals surface area (Å²) in [6.07, 6.45) is 19.1. The van der Waals surface area contributed by atoms with Gasteiger partial charge in [0, 0.05) is 44.2 Å². The number of aliphatic hydroxyl groups excluding tert-OH is 2. The fourth-order valence-electron chi connectivity index (χ4n) is 10.6. The van der Waals surface area contributed by atoms with E-state index < -0.39 is 35.8 Å². The number of carbonyl (C=O) groups excluding carboxylic acids is 2. The molecule has 12 nitrogen and oxygen atoms in total. The largest absolute Gasteiger partial charge is 0.459 e. The lowest BCUT2D eigenvalue weighted by Crippen LogP contribution is -2.70. The third kappa shape index (κ3) is 14.4. The first-order valence-corrected chi connectivity index (χ1v) is 25.6. The highest BCUT2D eigenvalue weighted by Crippen LogP contribution is 2.62. The van der Waals surface area contributed by atoms with Crippen molar-refractivity contribution >= 4 is 17.9 Å². The van der Waals surface area contributed by atoms with Gasteiger partial charge in [0.2, 0.25) is 5.79 Å². The number of unbranched alkanes of at least 4 members (excludes halogenated alkanes) is 11. The summed E-state index contributed by atoms with van der Waals surface area (Å²) in [6, 6.07) is 20.3. The third-order valence-electron chi connectivity index (χ3n) is 14.0. The van der Waals surface area contributed by atoms with Crippen molar-refractivity contribution in [3.8, 4) is 11.5 Å². The van der Waals surface area contributed by atoms with E-state index in [9.17, 15) is 24.2 Å². The number of fused-ring (bicyclic) bond motifs is 2. The second kappa shape index (κ2) is 27.8. The first-order chi connectivity index (χ1) is 33.8. The minimum Gasteiger partial charge on any atom is -0.459 e. The highest BCUT2D eigenvalue weighted by Gasteiger charge is 2.65. The molecule has 1 saturated carbocycles. The van der Waals surface area contributed by atoms with E-state index in [2.05, 4.69) is 24.9 Å². The number of ether oxygens (including phenoxy) is 4. The summed E-state index contributed by atoms with van der Waals surface area (Å²) in [7, 11) is 1.33. The summed E-state index contributed by atoms with van der Waals surface area (Å²) >= 11 is 0. The molecule has 3 N–H and O–H groups in total. The van der Waals surface area contributed by atoms with Crippen LogP contribution in [0.25, 0.3) is 0 Å². The maximum absolute atomic E-state index is 14.3. The second-order valence-electron chi connectivity index (χ2n) is 18.8. The summed E-state index contributed by atoms with van der Waals surface area (Å²) in [4.78, 5) is 35.4. The second-order valence-corrected chi connectivity index (χ2v) is 18.8. The van der Waals surface area contributed by atoms with Gasteiger partial charge in [-0.05, 0) is 91.0 Å². The lowest BCUT2D eigenvalue weighted by molar-refractivity contribution is -0.256. The van der Waals surface area contributed by atoms with Crippen LogP contribution in [0, 0.1) is 23.6 Å². The quantitative estimate of drug-likeness (QED) is 0.0351. The molecular weight excluding hydrogens is 878 g/mol. The lowest BCUT2D eigenvalue weighted by Gasteiger charge is -2.59. The summed E-state index contributed by atoms with van der Waals surface area (Å²) in [6.45, 7) is 7.19. The van der Waals surface area contributed by atoms with Gasteiger partial charge in [-0.2, -0.15) is 0 Å². The standard InChI is InChI=1S/C56H76FN3O9/c1-4-6-7-8-9-10-11-12-13-19-32-58-54(63)68-45-30-31-50-48(37-45)52-46(25-18-21-34-62)43(24-17-20-33-61)36-47-49(59-67-40-42-22-15-14-16-23-42)38-51(56(69-50,53(47)52)66-35-5-2)60(55(64)65-3)39-41-26-28-44(57)29-27-41/h5,14-16,22-23,26-31,36-37,43,46,51-53,61-62H,2,4,6-13,17-21,24-25,32-35,38-40H2,1,3H3,(H,58,63)/t43-,46+,51-,52+,53+,56+/m0/s1. The summed E-state index contributed by atoms with van der Waals surface area (Å²) in [5.41, 5.74) is 3.89. The molecule has 0 bridgehead atoms. The average molecular weight is 954 g/mol. The number of allylic oxidation sites excluding steroid dienone is 1. The summed E-state index contributed by atoms with van der Waals surface area (Å²) in [5.74, 6) is -2.08. The van der Waals surface area contributed by atoms with Gasteiger partial charge in [0.25, 0.3) is 0 Å². The van der Waals surface area contributed by atoms with Gasteiger partial charge in [-0.15, -0.1) is 6.58 Å². The van der Waals surface area contributed by atoms with E-state index in [-0.39, 0.29) is 57.1 Å². The molecule has 6 rings (SSSR count). The number of methoxy groups -OCH3 is 1. The number of carbonyl (C=O) groups is 2. The van der Waals surface area contributed by atoms with Crippen molar-refractivity contribution in [2.75, 3.05) is 33.5 Å². The maximum Gasteiger partial charge on any atom is 0.412 e. The summed E-state index contributed by atoms with van der Waals surface area (Å²) < 4.78 is 40.1. The minimum absolute atomic E-state index is 0.00437. The van der Waals surface area contributed by atoms with Crippen molar-refractivity contribution in [2.24, 2.45) is 22.9 Å². The Hall–Kier alpha value is -5.24. The van der Waals surface area contributed by atoms with Crippen LogP contribution in [0.4, 0.5) is 14.0 Å². The van der Waals surface area contributed by atoms with Gasteiger partial charge in [-0.25, -0.2) is 14.0 Å². The van der Waals surface area contributed by atoms with Crippen molar-refractivity contribution in [2.45, 2.75) is 147 Å². The van der Waals surface area contributed by atoms with Crippen LogP contribution < -0.4 is 14.8 Å². The number of benzene rings is 3. The van der Waals surface area contributed by atoms with Crippen LogP contribution >= 0.6 is 0 Å². The first-order valence-electron chi connectivity index (χ1n) is 25.6. The van der Waals surface area contributed by atoms with E-state index in [1.165, 1.54) is 64.2 Å². The molecular formula is C56H76FN3O9. The smallest absolute Gasteiger partial charge is 0.412 e. The zero-order valence-electron chi connectivity index (χ0n) is 41.0. The number of rotatable bonds is 29. The van der Waals surface area contributed by atoms with Crippen LogP contribution in [0.15, 0.2) is 102 Å². The fourth-order valence-corrected chi connectivity index (χ4v) is 10.6. The number of nitrogens with one attached hydrogen (secondary N) is 1. The molecule has 13 heteroatoms. The molecule has 0 aromatic heterocycles. The van der Waals surface area contributed by atoms with Gasteiger partial charge in [0.1, 0.15) is 30.0 Å². The molecule has 69 heavy (non-hydrogen) atoms. The van der Waals surface area contributed by atoms with Crippen LogP contribution in [0.2, 0.25) is 0 Å². The Kier molecular flexibility index (Phi) is 21.4. The molecule has 3 aromatic carbocycles. The Balaban J connectivity index is 1.41. The fraction of sp³-hybridized carbons (Fsp3) is 0.554. The molecule has 0 unspecified atom stereocenters. The highest BCUT2D eigenvalue weighted by molar-refractivity contribution is 6.03. The molecule has 376 valence electrons. The molecule has 0 radical (unpaired) electrons. The molecule has 6 atom stereocenters. The Bertz CT molecular complexity index is 2120. The Morgan fingerprint density at radius 2 is 1.58 bits per heavy atom. The lowest BCUT2D eigenvalue weighted by atomic mass is 9.55. The van der Waals surface area contributed by atoms with Gasteiger partial charge < -0.3 is 39.3 Å². The molecule has 1 heterocycles. The van der Waals surface area contributed by atoms with Gasteiger partial charge in [-0.1, -0.05) is 137 Å². The van der Waals surface area contributed by atoms with Crippen molar-refractivity contribution < 1.29 is 48.0 Å². The molecule has 1 aliphatic heterocycles. The molecule has 0 saturated heterocycles. The number of aliphatic hydroxyl groups is 2. The molecule has 1 fully saturated rings. The van der Waals surface area contributed by atoms with Gasteiger partial charge in [0.05, 0.1) is 25.3 Å². The topological polar surface area (TPSA) is 148 Å². The van der Waals surface area contributed by atoms with E-state index in [1.807, 2.05) is 42.5 Å². The molecule has 3 aliphatic rings. The van der Waals surface area contributed by atoms with E-state index in [0.29, 0.717) is 42.2 Å². The van der Waals surface area contributed by atoms with Crippen molar-refractivity contribution in [1.29, 1.82) is 0 Å². The SMILES string of the molecule is C=CCO[C@@]12Oc3ccc(OC(=O)NCCCCCCCCCCCC)cc3[C@H]3[C@H](CCCCO)[C@@H](CCCCO)C=C(C(=NOCc4ccccc4)C[C@@H]1N(Cc1ccc(F)cc1)C(=O)OC)[C@H]32. The number of amides is 2. The van der Waals surface area contributed by atoms with Crippen LogP contribution in [0.5, 0.6) is 11.5 Å². The van der Waals surface area contributed by atoms with E-state index in [4.69, 9.17) is 28.9 Å². The van der Waals surface area contributed by atoms with Gasteiger partial charge >= 0.3 is 12.2 Å². The monoisotopic (exact) mass is 954 g/mol. The molecule has 3 aromatic rings. The average Bonchev–Trinajstić information content (AvgIpc) is 3.36. The van der Waals surface area contributed by atoms with Crippen LogP contribution in [0.1, 0.15) is 139 Å². The Morgan fingerprint density at radius 1 is 0.884 bits per heavy atom. The summed E-state index contributed by atoms with van der Waals surface area (Å²) in [5, 5.41) is 27.8. The number of hydrogen-bond acceptors (Lipinski definition) is 10. The number of nitrogens with zero attached hydrogens (tertiary/aromatic N) is 2. The highest BCUT2D eigenvalue weighted by atomic mass is 19.1. The minimum atomic E-state index is -1.55. The third-order valence-corrected chi connectivity index (χ3v) is 14.0. The van der Waals surface area contributed by atoms with Crippen LogP contribution in [-0.2, 0) is 27.5 Å². The Labute approximate surface area is 409 Å². The van der Waals surface area contributed by atoms with Gasteiger partial charge in [0.15, 0.2) is 0 Å². The van der Waals surface area contributed by atoms with Crippen molar-refractivity contribution in [1.82, 2.24) is 10.2 Å². The normalized spacial score (nSPS) is 21.8. The zero-order chi connectivity index (χ0) is 48.9. The van der Waals surface area contributed by atoms with Crippen molar-refractivity contribution in [3.05, 3.63) is 120 Å². The van der Waals surface area contributed by atoms with Crippen molar-refractivity contribution in [3.63, 3.8) is 0 Å². The number of hydrogen-bond donors (Lipinski definition) is 3. The number of oxime groups is 1. The molecule has 2 amide bonds. The Morgan fingerprint density at radius 3 is 2.26 bits per heavy atom. The first kappa shape index (κ1) is 53.1. The predicted octanol–water partition coefficient (Wildman–Crippen LogP) is 11.9. The van der Waals surface area contributed by atoms with E-state index >= 15 is 0 Å². The predicted molar refractivity (Wildman–Crippen MR) is 266 cm³/mol. The number of halogens is 1. The molecule has 2 aliphatic carbocycles. The van der Waals surface area contributed by atoms with Crippen LogP contribution in [0.3, 0.4) is 0 Å². The van der Waals surface area contributed by atoms with E-state index in [1.54, 1.807) is 29.2 Å². The zero-order valence-corrected chi connectivity index (χ0v) is 41.0.